The zero-order chi connectivity index (χ0) is 18.2. The van der Waals surface area contributed by atoms with E-state index < -0.39 is 6.29 Å². The number of ether oxygens (including phenoxy) is 1. The summed E-state index contributed by atoms with van der Waals surface area (Å²) in [6.45, 7) is 11.1. The van der Waals surface area contributed by atoms with Gasteiger partial charge in [0.2, 0.25) is 18.1 Å². The van der Waals surface area contributed by atoms with Crippen LogP contribution in [0, 0.1) is 0 Å². The molecule has 2 rings (SSSR count). The summed E-state index contributed by atoms with van der Waals surface area (Å²) >= 11 is 0. The van der Waals surface area contributed by atoms with Crippen molar-refractivity contribution in [2.24, 2.45) is 0 Å². The Morgan fingerprint density at radius 2 is 1.32 bits per heavy atom. The second-order valence-electron chi connectivity index (χ2n) is 6.81. The van der Waals surface area contributed by atoms with Crippen LogP contribution in [0.2, 0.25) is 0 Å². The van der Waals surface area contributed by atoms with Crippen LogP contribution < -0.4 is 0 Å². The van der Waals surface area contributed by atoms with Crippen LogP contribution in [0.3, 0.4) is 0 Å². The molecule has 1 atom stereocenters. The fourth-order valence-electron chi connectivity index (χ4n) is 3.30. The quantitative estimate of drug-likeness (QED) is 0.454. The Bertz CT molecular complexity index is 432. The van der Waals surface area contributed by atoms with Crippen molar-refractivity contribution in [2.75, 3.05) is 72.1 Å². The molecule has 1 radical (unpaired) electrons. The van der Waals surface area contributed by atoms with Crippen molar-refractivity contribution in [3.63, 3.8) is 0 Å². The van der Waals surface area contributed by atoms with Crippen LogP contribution in [0.1, 0.15) is 20.3 Å². The summed E-state index contributed by atoms with van der Waals surface area (Å²) in [4.78, 5) is 30.6. The normalized spacial score (nSPS) is 21.4. The Morgan fingerprint density at radius 3 is 1.80 bits per heavy atom. The number of amides is 2. The summed E-state index contributed by atoms with van der Waals surface area (Å²) in [5.41, 5.74) is 0. The third-order valence-corrected chi connectivity index (χ3v) is 4.96. The number of rotatable bonds is 7. The van der Waals surface area contributed by atoms with Gasteiger partial charge in [-0.3, -0.25) is 19.4 Å². The second-order valence-corrected chi connectivity index (χ2v) is 6.81. The predicted octanol–water partition coefficient (Wildman–Crippen LogP) is -0.522. The molecule has 2 amide bonds. The van der Waals surface area contributed by atoms with Gasteiger partial charge in [0.25, 0.3) is 0 Å². The number of carbonyl (C=O) groups excluding carboxylic acids is 2. The summed E-state index contributed by atoms with van der Waals surface area (Å²) < 4.78 is 5.40. The number of piperazine rings is 2. The molecule has 0 aromatic rings. The molecule has 25 heavy (non-hydrogen) atoms. The molecule has 2 aliphatic rings. The van der Waals surface area contributed by atoms with E-state index in [1.807, 2.05) is 9.80 Å². The summed E-state index contributed by atoms with van der Waals surface area (Å²) in [6, 6.07) is 0. The van der Waals surface area contributed by atoms with Gasteiger partial charge in [0.1, 0.15) is 0 Å². The Kier molecular flexibility index (Phi) is 8.08. The third-order valence-electron chi connectivity index (χ3n) is 4.96. The lowest BCUT2D eigenvalue weighted by molar-refractivity contribution is -0.155. The van der Waals surface area contributed by atoms with Crippen LogP contribution >= 0.6 is 0 Å². The van der Waals surface area contributed by atoms with Crippen LogP contribution in [0.4, 0.5) is 0 Å². The molecule has 0 N–H and O–H groups in total. The SMILES string of the molecule is CC(=O)N1CCN(CCCOC([O])CN2CCN(C(C)=O)CC2)CC1. The standard InChI is InChI=1S/C17H31N4O4/c1-15(22)20-9-5-18(6-10-20)4-3-13-25-17(24)14-19-7-11-21(12-8-19)16(2)23/h17H,3-14H2,1-2H3. The van der Waals surface area contributed by atoms with Crippen molar-refractivity contribution < 1.29 is 19.4 Å². The summed E-state index contributed by atoms with van der Waals surface area (Å²) in [7, 11) is 0. The van der Waals surface area contributed by atoms with Gasteiger partial charge in [-0.1, -0.05) is 0 Å². The molecule has 8 heteroatoms. The minimum atomic E-state index is -1.03. The summed E-state index contributed by atoms with van der Waals surface area (Å²) in [5.74, 6) is 0.236. The first kappa shape index (κ1) is 20.1. The van der Waals surface area contributed by atoms with Gasteiger partial charge < -0.3 is 14.5 Å². The molecular formula is C17H31N4O4. The first-order valence-corrected chi connectivity index (χ1v) is 9.19. The highest BCUT2D eigenvalue weighted by atomic mass is 16.6. The molecular weight excluding hydrogens is 324 g/mol. The van der Waals surface area contributed by atoms with Crippen molar-refractivity contribution in [3.8, 4) is 0 Å². The van der Waals surface area contributed by atoms with Crippen molar-refractivity contribution in [3.05, 3.63) is 0 Å². The average Bonchev–Trinajstić information content (AvgIpc) is 2.59. The maximum absolute atomic E-state index is 12.0. The molecule has 2 fully saturated rings. The van der Waals surface area contributed by atoms with E-state index in [0.717, 1.165) is 52.2 Å². The van der Waals surface area contributed by atoms with E-state index in [0.29, 0.717) is 26.2 Å². The van der Waals surface area contributed by atoms with E-state index >= 15 is 0 Å². The highest BCUT2D eigenvalue weighted by Crippen LogP contribution is 2.06. The van der Waals surface area contributed by atoms with E-state index in [1.54, 1.807) is 13.8 Å². The molecule has 0 spiro atoms. The van der Waals surface area contributed by atoms with E-state index in [9.17, 15) is 14.7 Å². The van der Waals surface area contributed by atoms with Crippen LogP contribution in [0.5, 0.6) is 0 Å². The maximum Gasteiger partial charge on any atom is 0.219 e. The Hall–Kier alpha value is -1.22. The number of carbonyl (C=O) groups is 2. The van der Waals surface area contributed by atoms with Crippen molar-refractivity contribution in [2.45, 2.75) is 26.6 Å². The van der Waals surface area contributed by atoms with E-state index in [-0.39, 0.29) is 11.8 Å². The largest absolute Gasteiger partial charge is 0.349 e. The zero-order valence-corrected chi connectivity index (χ0v) is 15.5. The molecule has 0 aliphatic carbocycles. The third kappa shape index (κ3) is 6.89. The van der Waals surface area contributed by atoms with Crippen LogP contribution in [-0.4, -0.2) is 110 Å². The minimum absolute atomic E-state index is 0.0960. The Morgan fingerprint density at radius 1 is 0.840 bits per heavy atom. The van der Waals surface area contributed by atoms with Gasteiger partial charge in [0.15, 0.2) is 0 Å². The lowest BCUT2D eigenvalue weighted by Crippen LogP contribution is -2.50. The molecule has 1 unspecified atom stereocenters. The van der Waals surface area contributed by atoms with E-state index in [4.69, 9.17) is 4.74 Å². The van der Waals surface area contributed by atoms with E-state index in [1.165, 1.54) is 0 Å². The topological polar surface area (TPSA) is 76.2 Å². The van der Waals surface area contributed by atoms with Gasteiger partial charge in [-0.2, -0.15) is 0 Å². The van der Waals surface area contributed by atoms with Crippen LogP contribution in [0.25, 0.3) is 0 Å². The number of hydrogen-bond acceptors (Lipinski definition) is 5. The monoisotopic (exact) mass is 355 g/mol. The first-order chi connectivity index (χ1) is 12.0. The zero-order valence-electron chi connectivity index (χ0n) is 15.5. The molecule has 0 bridgehead atoms. The van der Waals surface area contributed by atoms with Gasteiger partial charge in [-0.05, 0) is 6.42 Å². The van der Waals surface area contributed by atoms with Crippen molar-refractivity contribution >= 4 is 11.8 Å². The molecule has 0 saturated carbocycles. The van der Waals surface area contributed by atoms with Crippen LogP contribution in [-0.2, 0) is 19.4 Å². The van der Waals surface area contributed by atoms with Crippen molar-refractivity contribution in [1.29, 1.82) is 0 Å². The maximum atomic E-state index is 12.0. The van der Waals surface area contributed by atoms with Gasteiger partial charge in [-0.25, -0.2) is 5.11 Å². The molecule has 0 aromatic carbocycles. The molecule has 2 saturated heterocycles. The average molecular weight is 355 g/mol. The Labute approximate surface area is 150 Å². The predicted molar refractivity (Wildman–Crippen MR) is 92.4 cm³/mol. The van der Waals surface area contributed by atoms with E-state index in [2.05, 4.69) is 9.80 Å². The fourth-order valence-corrected chi connectivity index (χ4v) is 3.30. The first-order valence-electron chi connectivity index (χ1n) is 9.19. The number of nitrogens with zero attached hydrogens (tertiary/aromatic N) is 4. The second kappa shape index (κ2) is 10.1. The van der Waals surface area contributed by atoms with Crippen LogP contribution in [0.15, 0.2) is 0 Å². The number of hydrogen-bond donors (Lipinski definition) is 0. The molecule has 2 heterocycles. The summed E-state index contributed by atoms with van der Waals surface area (Å²) in [5, 5.41) is 12.0. The highest BCUT2D eigenvalue weighted by Gasteiger charge is 2.21. The van der Waals surface area contributed by atoms with Crippen molar-refractivity contribution in [1.82, 2.24) is 19.6 Å². The molecule has 0 aromatic heterocycles. The fraction of sp³-hybridized carbons (Fsp3) is 0.882. The summed E-state index contributed by atoms with van der Waals surface area (Å²) in [6.07, 6.45) is -0.199. The lowest BCUT2D eigenvalue weighted by atomic mass is 10.3. The highest BCUT2D eigenvalue weighted by molar-refractivity contribution is 5.73. The molecule has 2 aliphatic heterocycles. The molecule has 8 nitrogen and oxygen atoms in total. The lowest BCUT2D eigenvalue weighted by Gasteiger charge is -2.35. The molecule has 143 valence electrons. The smallest absolute Gasteiger partial charge is 0.219 e. The van der Waals surface area contributed by atoms with Gasteiger partial charge in [0.05, 0.1) is 13.2 Å². The minimum Gasteiger partial charge on any atom is -0.349 e. The van der Waals surface area contributed by atoms with Gasteiger partial charge >= 0.3 is 0 Å². The Balaban J connectivity index is 1.51. The van der Waals surface area contributed by atoms with Gasteiger partial charge in [-0.15, -0.1) is 0 Å². The van der Waals surface area contributed by atoms with Gasteiger partial charge in [0, 0.05) is 72.8 Å².